The number of nitrogens with zero attached hydrogens (tertiary/aromatic N) is 3. The van der Waals surface area contributed by atoms with Crippen molar-refractivity contribution < 1.29 is 23.8 Å². The molecule has 1 aromatic heterocycles. The third kappa shape index (κ3) is 5.56. The van der Waals surface area contributed by atoms with Gasteiger partial charge in [0.2, 0.25) is 0 Å². The van der Waals surface area contributed by atoms with Crippen molar-refractivity contribution in [1.29, 1.82) is 0 Å². The van der Waals surface area contributed by atoms with Crippen molar-refractivity contribution in [2.45, 2.75) is 58.2 Å². The van der Waals surface area contributed by atoms with Gasteiger partial charge in [-0.2, -0.15) is 0 Å². The number of anilines is 1. The van der Waals surface area contributed by atoms with Crippen LogP contribution in [0, 0.1) is 6.92 Å². The van der Waals surface area contributed by atoms with E-state index in [1.54, 1.807) is 12.0 Å². The van der Waals surface area contributed by atoms with Crippen molar-refractivity contribution in [3.63, 3.8) is 0 Å². The molecule has 3 atom stereocenters. The lowest BCUT2D eigenvalue weighted by Crippen LogP contribution is -2.38. The highest BCUT2D eigenvalue weighted by molar-refractivity contribution is 5.92. The molecule has 0 saturated carbocycles. The van der Waals surface area contributed by atoms with E-state index < -0.39 is 0 Å². The molecular formula is C36H39N3O5. The molecule has 3 heterocycles. The average molecular weight is 594 g/mol. The Morgan fingerprint density at radius 1 is 1.02 bits per heavy atom. The summed E-state index contributed by atoms with van der Waals surface area (Å²) in [5.74, 6) is 1.42. The van der Waals surface area contributed by atoms with E-state index in [1.807, 2.05) is 57.2 Å². The van der Waals surface area contributed by atoms with Crippen LogP contribution in [0.25, 0.3) is 11.1 Å². The van der Waals surface area contributed by atoms with Crippen molar-refractivity contribution in [2.75, 3.05) is 32.2 Å². The van der Waals surface area contributed by atoms with Crippen LogP contribution in [0.2, 0.25) is 0 Å². The Morgan fingerprint density at radius 2 is 1.84 bits per heavy atom. The molecule has 0 N–H and O–H groups in total. The van der Waals surface area contributed by atoms with Crippen molar-refractivity contribution in [3.8, 4) is 16.9 Å². The number of carbonyl (C=O) groups excluding carboxylic acids is 2. The van der Waals surface area contributed by atoms with E-state index in [0.29, 0.717) is 18.5 Å². The van der Waals surface area contributed by atoms with Crippen LogP contribution >= 0.6 is 0 Å². The van der Waals surface area contributed by atoms with E-state index >= 15 is 0 Å². The summed E-state index contributed by atoms with van der Waals surface area (Å²) in [6, 6.07) is 18.3. The third-order valence-electron chi connectivity index (χ3n) is 9.07. The molecule has 2 aromatic carbocycles. The molecule has 0 spiro atoms. The molecule has 2 saturated heterocycles. The number of allylic oxidation sites excluding steroid dienone is 2. The molecule has 44 heavy (non-hydrogen) atoms. The summed E-state index contributed by atoms with van der Waals surface area (Å²) in [6.45, 7) is 8.37. The van der Waals surface area contributed by atoms with Crippen molar-refractivity contribution in [1.82, 2.24) is 9.88 Å². The highest BCUT2D eigenvalue weighted by atomic mass is 16.6. The SMILES string of the molecule is COC(=O)C1=CCC(c2ccc(OC)c(-c3ccc(N4CCC4)nc3CN3C(=O)O[C@H](c4cccc(C)c4)[C@@H]3C)c2)C(C)=C1. The summed E-state index contributed by atoms with van der Waals surface area (Å²) >= 11 is 0. The summed E-state index contributed by atoms with van der Waals surface area (Å²) in [4.78, 5) is 34.6. The molecule has 1 amide bonds. The standard InChI is InChI=1S/C36H39N3O5/c1-22-8-6-9-26(18-22)34-24(3)39(36(41)44-34)21-31-29(13-15-33(37-31)38-16-7-17-38)30-20-25(11-14-32(30)42-4)28-12-10-27(19-23(28)2)35(40)43-5/h6,8-11,13-15,18-20,24,28,34H,7,12,16-17,21H2,1-5H3/t24-,28?,34-/m0/s1. The summed E-state index contributed by atoms with van der Waals surface area (Å²) < 4.78 is 16.7. The second-order valence-corrected chi connectivity index (χ2v) is 11.9. The first kappa shape index (κ1) is 29.5. The molecule has 228 valence electrons. The molecule has 2 fully saturated rings. The minimum atomic E-state index is -0.355. The second-order valence-electron chi connectivity index (χ2n) is 11.9. The number of hydrogen-bond donors (Lipinski definition) is 0. The molecule has 2 aliphatic heterocycles. The largest absolute Gasteiger partial charge is 0.496 e. The Hall–Kier alpha value is -4.59. The normalized spacial score (nSPS) is 21.3. The van der Waals surface area contributed by atoms with Crippen LogP contribution in [-0.4, -0.2) is 55.3 Å². The zero-order chi connectivity index (χ0) is 31.0. The number of cyclic esters (lactones) is 1. The molecule has 8 nitrogen and oxygen atoms in total. The highest BCUT2D eigenvalue weighted by Crippen LogP contribution is 2.41. The van der Waals surface area contributed by atoms with Gasteiger partial charge in [-0.05, 0) is 75.1 Å². The fourth-order valence-corrected chi connectivity index (χ4v) is 6.39. The van der Waals surface area contributed by atoms with Crippen LogP contribution in [0.15, 0.2) is 77.9 Å². The molecular weight excluding hydrogens is 554 g/mol. The van der Waals surface area contributed by atoms with Crippen LogP contribution < -0.4 is 9.64 Å². The Morgan fingerprint density at radius 3 is 2.52 bits per heavy atom. The first-order chi connectivity index (χ1) is 21.3. The lowest BCUT2D eigenvalue weighted by molar-refractivity contribution is -0.135. The van der Waals surface area contributed by atoms with Crippen molar-refractivity contribution in [3.05, 3.63) is 100 Å². The zero-order valence-corrected chi connectivity index (χ0v) is 26.0. The molecule has 1 unspecified atom stereocenters. The van der Waals surface area contributed by atoms with Gasteiger partial charge in [0, 0.05) is 30.1 Å². The number of methoxy groups -OCH3 is 2. The first-order valence-electron chi connectivity index (χ1n) is 15.2. The van der Waals surface area contributed by atoms with Gasteiger partial charge in [-0.15, -0.1) is 0 Å². The Balaban J connectivity index is 1.36. The second kappa shape index (κ2) is 12.2. The fraction of sp³-hybridized carbons (Fsp3) is 0.361. The van der Waals surface area contributed by atoms with Gasteiger partial charge in [0.05, 0.1) is 38.1 Å². The van der Waals surface area contributed by atoms with Gasteiger partial charge >= 0.3 is 12.1 Å². The maximum atomic E-state index is 13.3. The minimum absolute atomic E-state index is 0.105. The topological polar surface area (TPSA) is 81.2 Å². The lowest BCUT2D eigenvalue weighted by atomic mass is 9.83. The molecule has 1 aliphatic carbocycles. The van der Waals surface area contributed by atoms with Gasteiger partial charge in [-0.3, -0.25) is 4.90 Å². The van der Waals surface area contributed by atoms with Gasteiger partial charge in [0.25, 0.3) is 0 Å². The quantitative estimate of drug-likeness (QED) is 0.263. The first-order valence-corrected chi connectivity index (χ1v) is 15.2. The van der Waals surface area contributed by atoms with E-state index in [9.17, 15) is 9.59 Å². The highest BCUT2D eigenvalue weighted by Gasteiger charge is 2.40. The summed E-state index contributed by atoms with van der Waals surface area (Å²) in [7, 11) is 3.07. The van der Waals surface area contributed by atoms with Gasteiger partial charge in [-0.25, -0.2) is 14.6 Å². The maximum Gasteiger partial charge on any atom is 0.411 e. The molecule has 6 rings (SSSR count). The third-order valence-corrected chi connectivity index (χ3v) is 9.07. The average Bonchev–Trinajstić information content (AvgIpc) is 3.28. The Kier molecular flexibility index (Phi) is 8.17. The molecule has 8 heteroatoms. The number of aryl methyl sites for hydroxylation is 1. The smallest absolute Gasteiger partial charge is 0.411 e. The van der Waals surface area contributed by atoms with Gasteiger partial charge < -0.3 is 19.1 Å². The van der Waals surface area contributed by atoms with E-state index in [2.05, 4.69) is 35.2 Å². The van der Waals surface area contributed by atoms with E-state index in [0.717, 1.165) is 70.2 Å². The fourth-order valence-electron chi connectivity index (χ4n) is 6.39. The maximum absolute atomic E-state index is 13.3. The lowest BCUT2D eigenvalue weighted by Gasteiger charge is -2.33. The van der Waals surface area contributed by atoms with Gasteiger partial charge in [0.15, 0.2) is 0 Å². The minimum Gasteiger partial charge on any atom is -0.496 e. The number of ether oxygens (including phenoxy) is 3. The summed E-state index contributed by atoms with van der Waals surface area (Å²) in [5, 5.41) is 0. The number of amides is 1. The number of benzene rings is 2. The van der Waals surface area contributed by atoms with Crippen LogP contribution in [0.5, 0.6) is 5.75 Å². The van der Waals surface area contributed by atoms with Gasteiger partial charge in [-0.1, -0.05) is 47.5 Å². The predicted octanol–water partition coefficient (Wildman–Crippen LogP) is 6.89. The number of hydrogen-bond acceptors (Lipinski definition) is 7. The van der Waals surface area contributed by atoms with Crippen molar-refractivity contribution in [2.24, 2.45) is 0 Å². The number of aromatic nitrogens is 1. The van der Waals surface area contributed by atoms with E-state index in [-0.39, 0.29) is 30.1 Å². The molecule has 3 aromatic rings. The van der Waals surface area contributed by atoms with E-state index in [1.165, 1.54) is 7.11 Å². The van der Waals surface area contributed by atoms with Crippen LogP contribution in [0.4, 0.5) is 10.6 Å². The van der Waals surface area contributed by atoms with Gasteiger partial charge in [0.1, 0.15) is 17.7 Å². The van der Waals surface area contributed by atoms with Crippen LogP contribution in [0.3, 0.4) is 0 Å². The number of carbonyl (C=O) groups is 2. The predicted molar refractivity (Wildman–Crippen MR) is 170 cm³/mol. The summed E-state index contributed by atoms with van der Waals surface area (Å²) in [6.07, 6.45) is 4.98. The molecule has 0 radical (unpaired) electrons. The van der Waals surface area contributed by atoms with Crippen molar-refractivity contribution >= 4 is 17.9 Å². The van der Waals surface area contributed by atoms with E-state index in [4.69, 9.17) is 19.2 Å². The zero-order valence-electron chi connectivity index (χ0n) is 26.0. The Labute approximate surface area is 258 Å². The monoisotopic (exact) mass is 593 g/mol. The Bertz CT molecular complexity index is 1660. The summed E-state index contributed by atoms with van der Waals surface area (Å²) in [5.41, 5.74) is 7.52. The number of esters is 1. The number of rotatable bonds is 8. The van der Waals surface area contributed by atoms with Crippen LogP contribution in [-0.2, 0) is 20.8 Å². The molecule has 3 aliphatic rings. The number of pyridine rings is 1. The molecule has 0 bridgehead atoms. The van der Waals surface area contributed by atoms with Crippen LogP contribution in [0.1, 0.15) is 61.1 Å².